The number of hydrogen-bond acceptors (Lipinski definition) is 4. The molecule has 100 valence electrons. The summed E-state index contributed by atoms with van der Waals surface area (Å²) in [6.07, 6.45) is 3.94. The van der Waals surface area contributed by atoms with Crippen molar-refractivity contribution in [3.63, 3.8) is 0 Å². The molecule has 0 aromatic rings. The zero-order valence-electron chi connectivity index (χ0n) is 11.3. The summed E-state index contributed by atoms with van der Waals surface area (Å²) in [5.41, 5.74) is 0. The van der Waals surface area contributed by atoms with E-state index in [1.807, 2.05) is 0 Å². The third-order valence-corrected chi connectivity index (χ3v) is 4.05. The molecule has 0 bridgehead atoms. The van der Waals surface area contributed by atoms with Crippen molar-refractivity contribution in [1.29, 1.82) is 0 Å². The van der Waals surface area contributed by atoms with Gasteiger partial charge in [0.1, 0.15) is 0 Å². The highest BCUT2D eigenvalue weighted by Crippen LogP contribution is 2.15. The molecule has 2 saturated heterocycles. The lowest BCUT2D eigenvalue weighted by molar-refractivity contribution is 0.0701. The van der Waals surface area contributed by atoms with E-state index >= 15 is 0 Å². The highest BCUT2D eigenvalue weighted by atomic mass is 16.5. The van der Waals surface area contributed by atoms with Gasteiger partial charge < -0.3 is 19.9 Å². The maximum absolute atomic E-state index is 5.48. The van der Waals surface area contributed by atoms with Crippen molar-refractivity contribution in [3.8, 4) is 0 Å². The van der Waals surface area contributed by atoms with Crippen LogP contribution < -0.4 is 5.32 Å². The van der Waals surface area contributed by atoms with E-state index in [0.717, 1.165) is 25.8 Å². The molecule has 0 amide bonds. The fourth-order valence-corrected chi connectivity index (χ4v) is 2.84. The van der Waals surface area contributed by atoms with E-state index in [9.17, 15) is 0 Å². The molecular weight excluding hydrogens is 214 g/mol. The van der Waals surface area contributed by atoms with Crippen molar-refractivity contribution in [2.45, 2.75) is 31.3 Å². The number of rotatable bonds is 5. The molecular formula is C13H27N3O. The Hall–Kier alpha value is -0.160. The second kappa shape index (κ2) is 6.69. The second-order valence-corrected chi connectivity index (χ2v) is 5.55. The van der Waals surface area contributed by atoms with Gasteiger partial charge in [0.25, 0.3) is 0 Å². The third-order valence-electron chi connectivity index (χ3n) is 4.05. The first-order valence-electron chi connectivity index (χ1n) is 6.95. The molecule has 4 nitrogen and oxygen atoms in total. The van der Waals surface area contributed by atoms with Gasteiger partial charge >= 0.3 is 0 Å². The van der Waals surface area contributed by atoms with Crippen LogP contribution in [0.3, 0.4) is 0 Å². The Bertz CT molecular complexity index is 219. The summed E-state index contributed by atoms with van der Waals surface area (Å²) < 4.78 is 5.48. The van der Waals surface area contributed by atoms with Gasteiger partial charge in [-0.15, -0.1) is 0 Å². The summed E-state index contributed by atoms with van der Waals surface area (Å²) >= 11 is 0. The summed E-state index contributed by atoms with van der Waals surface area (Å²) in [6.45, 7) is 6.43. The molecule has 2 aliphatic rings. The number of morpholine rings is 1. The van der Waals surface area contributed by atoms with E-state index in [0.29, 0.717) is 6.04 Å². The van der Waals surface area contributed by atoms with E-state index in [2.05, 4.69) is 29.2 Å². The van der Waals surface area contributed by atoms with Gasteiger partial charge in [0.2, 0.25) is 0 Å². The summed E-state index contributed by atoms with van der Waals surface area (Å²) in [7, 11) is 4.50. The second-order valence-electron chi connectivity index (χ2n) is 5.55. The van der Waals surface area contributed by atoms with Crippen LogP contribution in [0.5, 0.6) is 0 Å². The monoisotopic (exact) mass is 241 g/mol. The molecule has 0 radical (unpaired) electrons. The largest absolute Gasteiger partial charge is 0.379 e. The van der Waals surface area contributed by atoms with Gasteiger partial charge in [0, 0.05) is 25.2 Å². The fourth-order valence-electron chi connectivity index (χ4n) is 2.84. The number of nitrogens with one attached hydrogen (secondary N) is 1. The molecule has 2 fully saturated rings. The van der Waals surface area contributed by atoms with Gasteiger partial charge in [-0.2, -0.15) is 0 Å². The SMILES string of the molecule is CN(CCC1COCCN1)CC1CCCN1C. The lowest BCUT2D eigenvalue weighted by Gasteiger charge is -2.28. The van der Waals surface area contributed by atoms with Gasteiger partial charge in [0.15, 0.2) is 0 Å². The lowest BCUT2D eigenvalue weighted by atomic mass is 10.1. The standard InChI is InChI=1S/C13H27N3O/c1-15(10-13-4-3-7-16(13)2)8-5-12-11-17-9-6-14-12/h12-14H,3-11H2,1-2H3. The van der Waals surface area contributed by atoms with Gasteiger partial charge in [-0.3, -0.25) is 0 Å². The Morgan fingerprint density at radius 1 is 1.47 bits per heavy atom. The van der Waals surface area contributed by atoms with Crippen molar-refractivity contribution in [2.24, 2.45) is 0 Å². The van der Waals surface area contributed by atoms with E-state index < -0.39 is 0 Å². The van der Waals surface area contributed by atoms with E-state index in [1.165, 1.54) is 38.9 Å². The van der Waals surface area contributed by atoms with Crippen molar-refractivity contribution < 1.29 is 4.74 Å². The molecule has 4 heteroatoms. The lowest BCUT2D eigenvalue weighted by Crippen LogP contribution is -2.44. The zero-order chi connectivity index (χ0) is 12.1. The molecule has 2 unspecified atom stereocenters. The van der Waals surface area contributed by atoms with Crippen LogP contribution in [-0.4, -0.2) is 75.4 Å². The Morgan fingerprint density at radius 2 is 2.35 bits per heavy atom. The molecule has 2 aliphatic heterocycles. The molecule has 2 atom stereocenters. The fraction of sp³-hybridized carbons (Fsp3) is 1.00. The number of nitrogens with zero attached hydrogens (tertiary/aromatic N) is 2. The Morgan fingerprint density at radius 3 is 3.00 bits per heavy atom. The Kier molecular flexibility index (Phi) is 5.22. The number of ether oxygens (including phenoxy) is 1. The number of likely N-dealkylation sites (tertiary alicyclic amines) is 1. The summed E-state index contributed by atoms with van der Waals surface area (Å²) in [5.74, 6) is 0. The van der Waals surface area contributed by atoms with Crippen LogP contribution in [0.15, 0.2) is 0 Å². The third kappa shape index (κ3) is 4.21. The normalized spacial score (nSPS) is 31.2. The van der Waals surface area contributed by atoms with Gasteiger partial charge in [-0.1, -0.05) is 0 Å². The zero-order valence-corrected chi connectivity index (χ0v) is 11.3. The predicted molar refractivity (Wildman–Crippen MR) is 70.4 cm³/mol. The van der Waals surface area contributed by atoms with Crippen LogP contribution in [0.1, 0.15) is 19.3 Å². The Labute approximate surface area is 105 Å². The first-order chi connectivity index (χ1) is 8.25. The van der Waals surface area contributed by atoms with E-state index in [1.54, 1.807) is 0 Å². The van der Waals surface area contributed by atoms with Crippen LogP contribution in [0.2, 0.25) is 0 Å². The molecule has 17 heavy (non-hydrogen) atoms. The van der Waals surface area contributed by atoms with Crippen LogP contribution in [-0.2, 0) is 4.74 Å². The van der Waals surface area contributed by atoms with E-state index in [-0.39, 0.29) is 0 Å². The smallest absolute Gasteiger partial charge is 0.0620 e. The van der Waals surface area contributed by atoms with Crippen LogP contribution in [0.4, 0.5) is 0 Å². The molecule has 0 spiro atoms. The summed E-state index contributed by atoms with van der Waals surface area (Å²) in [6, 6.07) is 1.34. The molecule has 0 aliphatic carbocycles. The molecule has 1 N–H and O–H groups in total. The topological polar surface area (TPSA) is 27.7 Å². The molecule has 0 aromatic heterocycles. The minimum absolute atomic E-state index is 0.563. The van der Waals surface area contributed by atoms with Crippen LogP contribution >= 0.6 is 0 Å². The number of likely N-dealkylation sites (N-methyl/N-ethyl adjacent to an activating group) is 2. The predicted octanol–water partition coefficient (Wildman–Crippen LogP) is 0.391. The summed E-state index contributed by atoms with van der Waals surface area (Å²) in [5, 5.41) is 3.51. The van der Waals surface area contributed by atoms with Gasteiger partial charge in [-0.25, -0.2) is 0 Å². The van der Waals surface area contributed by atoms with Crippen molar-refractivity contribution in [1.82, 2.24) is 15.1 Å². The first kappa shape index (κ1) is 13.3. The van der Waals surface area contributed by atoms with Crippen molar-refractivity contribution in [2.75, 3.05) is 53.5 Å². The van der Waals surface area contributed by atoms with Crippen LogP contribution in [0.25, 0.3) is 0 Å². The first-order valence-corrected chi connectivity index (χ1v) is 6.95. The highest BCUT2D eigenvalue weighted by molar-refractivity contribution is 4.79. The van der Waals surface area contributed by atoms with Crippen LogP contribution in [0, 0.1) is 0 Å². The minimum Gasteiger partial charge on any atom is -0.379 e. The minimum atomic E-state index is 0.563. The Balaban J connectivity index is 1.61. The van der Waals surface area contributed by atoms with Crippen molar-refractivity contribution >= 4 is 0 Å². The quantitative estimate of drug-likeness (QED) is 0.754. The van der Waals surface area contributed by atoms with Gasteiger partial charge in [-0.05, 0) is 46.4 Å². The van der Waals surface area contributed by atoms with Gasteiger partial charge in [0.05, 0.1) is 13.2 Å². The maximum atomic E-state index is 5.48. The summed E-state index contributed by atoms with van der Waals surface area (Å²) in [4.78, 5) is 4.97. The number of hydrogen-bond donors (Lipinski definition) is 1. The maximum Gasteiger partial charge on any atom is 0.0620 e. The highest BCUT2D eigenvalue weighted by Gasteiger charge is 2.22. The molecule has 2 rings (SSSR count). The molecule has 2 heterocycles. The average molecular weight is 241 g/mol. The van der Waals surface area contributed by atoms with Crippen molar-refractivity contribution in [3.05, 3.63) is 0 Å². The molecule has 0 aromatic carbocycles. The van der Waals surface area contributed by atoms with E-state index in [4.69, 9.17) is 4.74 Å². The molecule has 0 saturated carbocycles. The average Bonchev–Trinajstić information content (AvgIpc) is 2.74.